The van der Waals surface area contributed by atoms with E-state index in [4.69, 9.17) is 17.3 Å². The van der Waals surface area contributed by atoms with Crippen molar-refractivity contribution in [3.05, 3.63) is 23.2 Å². The molecule has 1 heterocycles. The van der Waals surface area contributed by atoms with Gasteiger partial charge in [-0.25, -0.2) is 4.68 Å². The second kappa shape index (κ2) is 4.98. The smallest absolute Gasteiger partial charge is 0.184 e. The summed E-state index contributed by atoms with van der Waals surface area (Å²) in [6.45, 7) is 0.884. The highest BCUT2D eigenvalue weighted by molar-refractivity contribution is 6.33. The molecular weight excluding hydrogens is 286 g/mol. The van der Waals surface area contributed by atoms with Crippen LogP contribution in [0.2, 0.25) is 5.02 Å². The molecular formula is C15H18ClN5. The van der Waals surface area contributed by atoms with Crippen molar-refractivity contribution in [2.75, 3.05) is 5.73 Å². The Hall–Kier alpha value is -1.62. The molecule has 0 aliphatic heterocycles. The van der Waals surface area contributed by atoms with Gasteiger partial charge in [-0.05, 0) is 59.6 Å². The quantitative estimate of drug-likeness (QED) is 0.885. The lowest BCUT2D eigenvalue weighted by Gasteiger charge is -2.21. The number of nitrogens with zero attached hydrogens (tertiary/aromatic N) is 4. The Kier molecular flexibility index (Phi) is 3.10. The van der Waals surface area contributed by atoms with Gasteiger partial charge in [0, 0.05) is 12.1 Å². The summed E-state index contributed by atoms with van der Waals surface area (Å²) in [5.41, 5.74) is 7.43. The van der Waals surface area contributed by atoms with E-state index in [1.807, 2.05) is 16.8 Å². The molecule has 1 aromatic carbocycles. The van der Waals surface area contributed by atoms with Crippen molar-refractivity contribution >= 4 is 17.3 Å². The zero-order valence-corrected chi connectivity index (χ0v) is 12.5. The highest BCUT2D eigenvalue weighted by Gasteiger charge is 2.39. The molecule has 110 valence electrons. The minimum absolute atomic E-state index is 0.543. The van der Waals surface area contributed by atoms with Crippen molar-refractivity contribution in [3.8, 4) is 11.4 Å². The summed E-state index contributed by atoms with van der Waals surface area (Å²) in [7, 11) is 0. The van der Waals surface area contributed by atoms with Crippen LogP contribution in [-0.4, -0.2) is 20.2 Å². The van der Waals surface area contributed by atoms with E-state index in [1.54, 1.807) is 6.07 Å². The fourth-order valence-electron chi connectivity index (χ4n) is 4.07. The van der Waals surface area contributed by atoms with Crippen molar-refractivity contribution in [2.45, 2.75) is 32.2 Å². The van der Waals surface area contributed by atoms with Crippen LogP contribution in [0.5, 0.6) is 0 Å². The molecule has 0 saturated heterocycles. The van der Waals surface area contributed by atoms with E-state index < -0.39 is 0 Å². The summed E-state index contributed by atoms with van der Waals surface area (Å²) in [6, 6.07) is 5.58. The number of fused-ring (bicyclic) bond motifs is 2. The van der Waals surface area contributed by atoms with Gasteiger partial charge in [0.2, 0.25) is 0 Å². The molecule has 5 nitrogen and oxygen atoms in total. The number of para-hydroxylation sites is 1. The second-order valence-corrected chi connectivity index (χ2v) is 6.73. The Balaban J connectivity index is 1.63. The first-order chi connectivity index (χ1) is 10.2. The number of tetrazole rings is 1. The summed E-state index contributed by atoms with van der Waals surface area (Å²) in [5, 5.41) is 12.7. The molecule has 2 bridgehead atoms. The molecule has 3 unspecified atom stereocenters. The van der Waals surface area contributed by atoms with Gasteiger partial charge < -0.3 is 5.73 Å². The van der Waals surface area contributed by atoms with Crippen LogP contribution in [0.25, 0.3) is 11.4 Å². The van der Waals surface area contributed by atoms with Crippen molar-refractivity contribution in [2.24, 2.45) is 17.8 Å². The van der Waals surface area contributed by atoms with Gasteiger partial charge in [0.1, 0.15) is 0 Å². The second-order valence-electron chi connectivity index (χ2n) is 6.32. The Labute approximate surface area is 128 Å². The van der Waals surface area contributed by atoms with E-state index in [1.165, 1.54) is 25.7 Å². The van der Waals surface area contributed by atoms with Crippen molar-refractivity contribution in [1.29, 1.82) is 0 Å². The molecule has 0 radical (unpaired) electrons. The minimum atomic E-state index is 0.543. The number of nitrogen functional groups attached to an aromatic ring is 1. The van der Waals surface area contributed by atoms with Gasteiger partial charge in [-0.3, -0.25) is 0 Å². The number of anilines is 1. The van der Waals surface area contributed by atoms with Crippen LogP contribution in [0.4, 0.5) is 5.69 Å². The lowest BCUT2D eigenvalue weighted by atomic mass is 9.89. The van der Waals surface area contributed by atoms with Crippen LogP contribution in [0, 0.1) is 17.8 Å². The summed E-state index contributed by atoms with van der Waals surface area (Å²) in [4.78, 5) is 0. The zero-order valence-electron chi connectivity index (χ0n) is 11.7. The summed E-state index contributed by atoms with van der Waals surface area (Å²) in [6.07, 6.45) is 5.48. The third-order valence-corrected chi connectivity index (χ3v) is 5.45. The van der Waals surface area contributed by atoms with E-state index in [0.29, 0.717) is 16.6 Å². The molecule has 0 amide bonds. The molecule has 6 heteroatoms. The van der Waals surface area contributed by atoms with Crippen LogP contribution < -0.4 is 5.73 Å². The van der Waals surface area contributed by atoms with Gasteiger partial charge in [0.15, 0.2) is 5.82 Å². The standard InChI is InChI=1S/C15H18ClN5/c16-13-3-1-2-12(14(13)17)15-18-19-20-21(15)8-11-7-9-4-5-10(11)6-9/h1-3,9-11H,4-8,17H2. The third kappa shape index (κ3) is 2.20. The summed E-state index contributed by atoms with van der Waals surface area (Å²) < 4.78 is 1.90. The highest BCUT2D eigenvalue weighted by atomic mass is 35.5. The molecule has 2 aromatic rings. The molecule has 21 heavy (non-hydrogen) atoms. The van der Waals surface area contributed by atoms with Gasteiger partial charge in [0.05, 0.1) is 10.7 Å². The average Bonchev–Trinajstić information content (AvgIpc) is 3.18. The molecule has 0 spiro atoms. The minimum Gasteiger partial charge on any atom is -0.397 e. The molecule has 2 aliphatic carbocycles. The maximum Gasteiger partial charge on any atom is 0.184 e. The fourth-order valence-corrected chi connectivity index (χ4v) is 4.25. The SMILES string of the molecule is Nc1c(Cl)cccc1-c1nnnn1CC1CC2CCC1C2. The highest BCUT2D eigenvalue weighted by Crippen LogP contribution is 2.49. The number of halogens is 1. The number of aromatic nitrogens is 4. The predicted octanol–water partition coefficient (Wildman–Crippen LogP) is 3.01. The predicted molar refractivity (Wildman–Crippen MR) is 81.6 cm³/mol. The monoisotopic (exact) mass is 303 g/mol. The summed E-state index contributed by atoms with van der Waals surface area (Å²) >= 11 is 6.10. The van der Waals surface area contributed by atoms with Crippen molar-refractivity contribution in [3.63, 3.8) is 0 Å². The molecule has 2 aliphatic rings. The Morgan fingerprint density at radius 1 is 1.29 bits per heavy atom. The molecule has 3 atom stereocenters. The van der Waals surface area contributed by atoms with Gasteiger partial charge in [-0.2, -0.15) is 0 Å². The molecule has 1 aromatic heterocycles. The van der Waals surface area contributed by atoms with Crippen LogP contribution in [0.15, 0.2) is 18.2 Å². The molecule has 2 saturated carbocycles. The van der Waals surface area contributed by atoms with Gasteiger partial charge >= 0.3 is 0 Å². The van der Waals surface area contributed by atoms with E-state index in [2.05, 4.69) is 15.5 Å². The van der Waals surface area contributed by atoms with Crippen molar-refractivity contribution in [1.82, 2.24) is 20.2 Å². The fraction of sp³-hybridized carbons (Fsp3) is 0.533. The van der Waals surface area contributed by atoms with Crippen LogP contribution in [-0.2, 0) is 6.54 Å². The van der Waals surface area contributed by atoms with Crippen LogP contribution in [0.1, 0.15) is 25.7 Å². The number of hydrogen-bond donors (Lipinski definition) is 1. The van der Waals surface area contributed by atoms with Crippen molar-refractivity contribution < 1.29 is 0 Å². The van der Waals surface area contributed by atoms with E-state index in [0.717, 1.165) is 29.8 Å². The van der Waals surface area contributed by atoms with Crippen LogP contribution >= 0.6 is 11.6 Å². The molecule has 4 rings (SSSR count). The topological polar surface area (TPSA) is 69.6 Å². The number of benzene rings is 1. The molecule has 2 fully saturated rings. The van der Waals surface area contributed by atoms with E-state index >= 15 is 0 Å². The molecule has 2 N–H and O–H groups in total. The average molecular weight is 304 g/mol. The first-order valence-electron chi connectivity index (χ1n) is 7.53. The van der Waals surface area contributed by atoms with Gasteiger partial charge in [0.25, 0.3) is 0 Å². The first kappa shape index (κ1) is 13.1. The zero-order chi connectivity index (χ0) is 14.4. The first-order valence-corrected chi connectivity index (χ1v) is 7.90. The number of nitrogens with two attached hydrogens (primary N) is 1. The van der Waals surface area contributed by atoms with Gasteiger partial charge in [-0.1, -0.05) is 24.1 Å². The Morgan fingerprint density at radius 3 is 2.95 bits per heavy atom. The normalized spacial score (nSPS) is 27.4. The summed E-state index contributed by atoms with van der Waals surface area (Å²) in [5.74, 6) is 3.20. The van der Waals surface area contributed by atoms with Crippen LogP contribution in [0.3, 0.4) is 0 Å². The van der Waals surface area contributed by atoms with E-state index in [-0.39, 0.29) is 0 Å². The maximum absolute atomic E-state index is 6.10. The lowest BCUT2D eigenvalue weighted by molar-refractivity contribution is 0.284. The maximum atomic E-state index is 6.10. The lowest BCUT2D eigenvalue weighted by Crippen LogP contribution is -2.19. The largest absolute Gasteiger partial charge is 0.397 e. The number of hydrogen-bond acceptors (Lipinski definition) is 4. The Morgan fingerprint density at radius 2 is 2.19 bits per heavy atom. The van der Waals surface area contributed by atoms with E-state index in [9.17, 15) is 0 Å². The van der Waals surface area contributed by atoms with Gasteiger partial charge in [-0.15, -0.1) is 5.10 Å². The Bertz CT molecular complexity index is 668. The number of rotatable bonds is 3. The third-order valence-electron chi connectivity index (χ3n) is 5.12.